The van der Waals surface area contributed by atoms with Gasteiger partial charge >= 0.3 is 6.03 Å². The average molecular weight is 304 g/mol. The van der Waals surface area contributed by atoms with Gasteiger partial charge in [0.05, 0.1) is 26.2 Å². The maximum Gasteiger partial charge on any atom is 0.319 e. The number of nitrogens with zero attached hydrogens (tertiary/aromatic N) is 2. The number of hydrogen-bond donors (Lipinski definition) is 2. The van der Waals surface area contributed by atoms with E-state index >= 15 is 0 Å². The molecule has 2 aromatic rings. The molecule has 22 heavy (non-hydrogen) atoms. The highest BCUT2D eigenvalue weighted by Gasteiger charge is 2.07. The Morgan fingerprint density at radius 3 is 2.68 bits per heavy atom. The van der Waals surface area contributed by atoms with Crippen LogP contribution in [-0.4, -0.2) is 36.3 Å². The highest BCUT2D eigenvalue weighted by Crippen LogP contribution is 2.29. The van der Waals surface area contributed by atoms with Gasteiger partial charge in [0.15, 0.2) is 11.5 Å². The number of aromatic nitrogens is 2. The summed E-state index contributed by atoms with van der Waals surface area (Å²) < 4.78 is 12.2. The number of carbonyl (C=O) groups is 1. The van der Waals surface area contributed by atoms with Crippen LogP contribution in [0.25, 0.3) is 0 Å². The van der Waals surface area contributed by atoms with Crippen molar-refractivity contribution in [1.82, 2.24) is 14.9 Å². The molecule has 0 saturated heterocycles. The van der Waals surface area contributed by atoms with Crippen LogP contribution in [0.1, 0.15) is 5.69 Å². The molecular formula is C15H20N4O3. The Morgan fingerprint density at radius 2 is 2.05 bits per heavy atom. The molecule has 1 aromatic carbocycles. The maximum absolute atomic E-state index is 11.8. The Morgan fingerprint density at radius 1 is 1.27 bits per heavy atom. The van der Waals surface area contributed by atoms with Gasteiger partial charge in [-0.25, -0.2) is 9.78 Å². The van der Waals surface area contributed by atoms with Gasteiger partial charge in [-0.05, 0) is 12.1 Å². The van der Waals surface area contributed by atoms with Gasteiger partial charge in [-0.1, -0.05) is 0 Å². The SMILES string of the molecule is COc1ccc(NC(=O)NCCc2cn(C)cn2)cc1OC. The van der Waals surface area contributed by atoms with Crippen LogP contribution >= 0.6 is 0 Å². The lowest BCUT2D eigenvalue weighted by molar-refractivity contribution is 0.252. The third-order valence-electron chi connectivity index (χ3n) is 3.07. The Hall–Kier alpha value is -2.70. The number of anilines is 1. The van der Waals surface area contributed by atoms with Crippen molar-refractivity contribution < 1.29 is 14.3 Å². The highest BCUT2D eigenvalue weighted by molar-refractivity contribution is 5.89. The second-order valence-electron chi connectivity index (χ2n) is 4.73. The first-order chi connectivity index (χ1) is 10.6. The lowest BCUT2D eigenvalue weighted by atomic mass is 10.3. The van der Waals surface area contributed by atoms with E-state index in [1.807, 2.05) is 17.8 Å². The van der Waals surface area contributed by atoms with Crippen molar-refractivity contribution in [3.8, 4) is 11.5 Å². The maximum atomic E-state index is 11.8. The van der Waals surface area contributed by atoms with E-state index in [2.05, 4.69) is 15.6 Å². The molecule has 118 valence electrons. The van der Waals surface area contributed by atoms with E-state index in [-0.39, 0.29) is 6.03 Å². The molecule has 0 saturated carbocycles. The zero-order valence-corrected chi connectivity index (χ0v) is 12.9. The van der Waals surface area contributed by atoms with Gasteiger partial charge in [0.2, 0.25) is 0 Å². The number of benzene rings is 1. The lowest BCUT2D eigenvalue weighted by Crippen LogP contribution is -2.30. The number of nitrogens with one attached hydrogen (secondary N) is 2. The first kappa shape index (κ1) is 15.7. The Balaban J connectivity index is 1.84. The smallest absolute Gasteiger partial charge is 0.319 e. The van der Waals surface area contributed by atoms with E-state index in [0.29, 0.717) is 30.2 Å². The number of amides is 2. The van der Waals surface area contributed by atoms with E-state index in [9.17, 15) is 4.79 Å². The van der Waals surface area contributed by atoms with Crippen LogP contribution in [0.15, 0.2) is 30.7 Å². The minimum atomic E-state index is -0.275. The number of rotatable bonds is 6. The normalized spacial score (nSPS) is 10.1. The van der Waals surface area contributed by atoms with E-state index in [4.69, 9.17) is 9.47 Å². The van der Waals surface area contributed by atoms with E-state index in [1.165, 1.54) is 0 Å². The van der Waals surface area contributed by atoms with Crippen LogP contribution in [0.2, 0.25) is 0 Å². The van der Waals surface area contributed by atoms with Crippen LogP contribution in [0, 0.1) is 0 Å². The number of hydrogen-bond acceptors (Lipinski definition) is 4. The van der Waals surface area contributed by atoms with Crippen molar-refractivity contribution in [2.75, 3.05) is 26.1 Å². The highest BCUT2D eigenvalue weighted by atomic mass is 16.5. The molecule has 0 spiro atoms. The molecule has 0 radical (unpaired) electrons. The van der Waals surface area contributed by atoms with Gasteiger partial charge in [0, 0.05) is 38.0 Å². The number of ether oxygens (including phenoxy) is 2. The summed E-state index contributed by atoms with van der Waals surface area (Å²) in [5, 5.41) is 5.53. The quantitative estimate of drug-likeness (QED) is 0.853. The molecule has 2 amide bonds. The van der Waals surface area contributed by atoms with Crippen molar-refractivity contribution in [3.63, 3.8) is 0 Å². The van der Waals surface area contributed by atoms with E-state index in [0.717, 1.165) is 5.69 Å². The molecule has 7 nitrogen and oxygen atoms in total. The van der Waals surface area contributed by atoms with Gasteiger partial charge in [0.1, 0.15) is 0 Å². The zero-order chi connectivity index (χ0) is 15.9. The minimum Gasteiger partial charge on any atom is -0.493 e. The van der Waals surface area contributed by atoms with Crippen LogP contribution < -0.4 is 20.1 Å². The first-order valence-electron chi connectivity index (χ1n) is 6.86. The van der Waals surface area contributed by atoms with Crippen molar-refractivity contribution in [2.45, 2.75) is 6.42 Å². The monoisotopic (exact) mass is 304 g/mol. The van der Waals surface area contributed by atoms with Gasteiger partial charge in [-0.15, -0.1) is 0 Å². The van der Waals surface area contributed by atoms with Crippen molar-refractivity contribution in [1.29, 1.82) is 0 Å². The topological polar surface area (TPSA) is 77.4 Å². The second-order valence-corrected chi connectivity index (χ2v) is 4.73. The summed E-state index contributed by atoms with van der Waals surface area (Å²) in [5.74, 6) is 1.18. The summed E-state index contributed by atoms with van der Waals surface area (Å²) >= 11 is 0. The molecule has 0 aliphatic carbocycles. The van der Waals surface area contributed by atoms with Crippen LogP contribution in [0.4, 0.5) is 10.5 Å². The third kappa shape index (κ3) is 4.15. The van der Waals surface area contributed by atoms with Crippen molar-refractivity contribution in [3.05, 3.63) is 36.4 Å². The fraction of sp³-hybridized carbons (Fsp3) is 0.333. The summed E-state index contributed by atoms with van der Waals surface area (Å²) in [5.41, 5.74) is 1.57. The lowest BCUT2D eigenvalue weighted by Gasteiger charge is -2.11. The molecule has 0 aliphatic heterocycles. The molecule has 0 atom stereocenters. The Bertz CT molecular complexity index is 639. The van der Waals surface area contributed by atoms with Crippen LogP contribution in [-0.2, 0) is 13.5 Å². The largest absolute Gasteiger partial charge is 0.493 e. The molecule has 0 fully saturated rings. The molecule has 0 bridgehead atoms. The van der Waals surface area contributed by atoms with E-state index in [1.54, 1.807) is 38.7 Å². The van der Waals surface area contributed by atoms with Gasteiger partial charge in [0.25, 0.3) is 0 Å². The number of methoxy groups -OCH3 is 2. The molecule has 0 aliphatic rings. The molecule has 2 rings (SSSR count). The van der Waals surface area contributed by atoms with Gasteiger partial charge in [-0.3, -0.25) is 0 Å². The van der Waals surface area contributed by atoms with Gasteiger partial charge < -0.3 is 24.7 Å². The van der Waals surface area contributed by atoms with Gasteiger partial charge in [-0.2, -0.15) is 0 Å². The standard InChI is InChI=1S/C15H20N4O3/c1-19-9-12(17-10-19)6-7-16-15(20)18-11-4-5-13(21-2)14(8-11)22-3/h4-5,8-10H,6-7H2,1-3H3,(H2,16,18,20). The molecular weight excluding hydrogens is 284 g/mol. The Kier molecular flexibility index (Phi) is 5.24. The first-order valence-corrected chi connectivity index (χ1v) is 6.86. The second kappa shape index (κ2) is 7.35. The predicted molar refractivity (Wildman–Crippen MR) is 83.5 cm³/mol. The molecule has 7 heteroatoms. The van der Waals surface area contributed by atoms with Crippen molar-refractivity contribution in [2.24, 2.45) is 7.05 Å². The summed E-state index contributed by atoms with van der Waals surface area (Å²) in [4.78, 5) is 16.0. The Labute approximate surface area is 129 Å². The average Bonchev–Trinajstić information content (AvgIpc) is 2.92. The molecule has 1 aromatic heterocycles. The third-order valence-corrected chi connectivity index (χ3v) is 3.07. The number of aryl methyl sites for hydroxylation is 1. The molecule has 1 heterocycles. The number of urea groups is 1. The number of imidazole rings is 1. The summed E-state index contributed by atoms with van der Waals surface area (Å²) in [6, 6.07) is 4.92. The summed E-state index contributed by atoms with van der Waals surface area (Å²) in [7, 11) is 5.03. The number of carbonyl (C=O) groups excluding carboxylic acids is 1. The fourth-order valence-corrected chi connectivity index (χ4v) is 1.99. The van der Waals surface area contributed by atoms with E-state index < -0.39 is 0 Å². The predicted octanol–water partition coefficient (Wildman–Crippen LogP) is 1.80. The fourth-order valence-electron chi connectivity index (χ4n) is 1.99. The zero-order valence-electron chi connectivity index (χ0n) is 12.9. The van der Waals surface area contributed by atoms with Crippen LogP contribution in [0.3, 0.4) is 0 Å². The molecule has 0 unspecified atom stereocenters. The molecule has 2 N–H and O–H groups in total. The minimum absolute atomic E-state index is 0.275. The van der Waals surface area contributed by atoms with Crippen molar-refractivity contribution >= 4 is 11.7 Å². The van der Waals surface area contributed by atoms with Crippen LogP contribution in [0.5, 0.6) is 11.5 Å². The summed E-state index contributed by atoms with van der Waals surface area (Å²) in [6.07, 6.45) is 4.34. The summed E-state index contributed by atoms with van der Waals surface area (Å²) in [6.45, 7) is 0.510.